The van der Waals surface area contributed by atoms with Crippen molar-refractivity contribution in [1.82, 2.24) is 10.3 Å². The van der Waals surface area contributed by atoms with Crippen LogP contribution in [0.4, 0.5) is 0 Å². The van der Waals surface area contributed by atoms with Gasteiger partial charge in [-0.2, -0.15) is 0 Å². The molecule has 1 aromatic carbocycles. The maximum absolute atomic E-state index is 11.8. The number of aromatic nitrogens is 1. The lowest BCUT2D eigenvalue weighted by Gasteiger charge is -2.10. The summed E-state index contributed by atoms with van der Waals surface area (Å²) >= 11 is 9.72. The highest BCUT2D eigenvalue weighted by Crippen LogP contribution is 2.31. The van der Waals surface area contributed by atoms with Gasteiger partial charge in [0.2, 0.25) is 0 Å². The lowest BCUT2D eigenvalue weighted by Crippen LogP contribution is -2.17. The summed E-state index contributed by atoms with van der Waals surface area (Å²) in [4.78, 5) is 16.7. The minimum atomic E-state index is -0.176. The Balaban J connectivity index is 1.75. The zero-order valence-electron chi connectivity index (χ0n) is 12.5. The Morgan fingerprint density at radius 1 is 1.33 bits per heavy atom. The van der Waals surface area contributed by atoms with E-state index >= 15 is 0 Å². The summed E-state index contributed by atoms with van der Waals surface area (Å²) in [7, 11) is 0. The second-order valence-electron chi connectivity index (χ2n) is 4.95. The van der Waals surface area contributed by atoms with Crippen molar-refractivity contribution in [2.75, 3.05) is 6.61 Å². The van der Waals surface area contributed by atoms with E-state index in [0.717, 1.165) is 15.7 Å². The fourth-order valence-electron chi connectivity index (χ4n) is 2.14. The molecule has 4 nitrogen and oxygen atoms in total. The van der Waals surface area contributed by atoms with Crippen LogP contribution in [0.1, 0.15) is 11.3 Å². The monoisotopic (exact) mass is 420 g/mol. The quantitative estimate of drug-likeness (QED) is 0.585. The van der Waals surface area contributed by atoms with E-state index in [1.807, 2.05) is 36.4 Å². The molecule has 0 spiro atoms. The number of carbonyl (C=O) groups is 1. The summed E-state index contributed by atoms with van der Waals surface area (Å²) in [5.41, 5.74) is 1.80. The van der Waals surface area contributed by atoms with Gasteiger partial charge in [0, 0.05) is 28.3 Å². The molecule has 1 aliphatic rings. The molecule has 0 aliphatic carbocycles. The second-order valence-corrected chi connectivity index (χ2v) is 7.59. The van der Waals surface area contributed by atoms with Gasteiger partial charge in [0.1, 0.15) is 10.1 Å². The lowest BCUT2D eigenvalue weighted by molar-refractivity contribution is -0.115. The number of thiocarbonyl (C=S) groups is 1. The van der Waals surface area contributed by atoms with Gasteiger partial charge >= 0.3 is 0 Å². The van der Waals surface area contributed by atoms with Crippen molar-refractivity contribution in [3.63, 3.8) is 0 Å². The third kappa shape index (κ3) is 4.43. The molecular weight excluding hydrogens is 408 g/mol. The fraction of sp³-hybridized carbons (Fsp3) is 0.118. The van der Waals surface area contributed by atoms with Gasteiger partial charge in [0.15, 0.2) is 0 Å². The first-order chi connectivity index (χ1) is 11.6. The number of pyridine rings is 1. The van der Waals surface area contributed by atoms with Gasteiger partial charge in [0.05, 0.1) is 11.5 Å². The van der Waals surface area contributed by atoms with Crippen molar-refractivity contribution in [2.45, 2.75) is 6.42 Å². The molecule has 1 amide bonds. The highest BCUT2D eigenvalue weighted by atomic mass is 79.9. The molecule has 2 heterocycles. The highest BCUT2D eigenvalue weighted by Gasteiger charge is 2.22. The van der Waals surface area contributed by atoms with Crippen LogP contribution in [0.3, 0.4) is 0 Å². The van der Waals surface area contributed by atoms with Crippen LogP contribution in [0.2, 0.25) is 0 Å². The van der Waals surface area contributed by atoms with Crippen molar-refractivity contribution in [2.24, 2.45) is 0 Å². The summed E-state index contributed by atoms with van der Waals surface area (Å²) in [5.74, 6) is 0.539. The number of hydrogen-bond donors (Lipinski definition) is 1. The largest absolute Gasteiger partial charge is 0.493 e. The zero-order valence-corrected chi connectivity index (χ0v) is 15.7. The molecule has 7 heteroatoms. The minimum absolute atomic E-state index is 0.176. The molecule has 24 heavy (non-hydrogen) atoms. The number of rotatable bonds is 5. The van der Waals surface area contributed by atoms with E-state index in [0.29, 0.717) is 28.0 Å². The molecule has 0 atom stereocenters. The zero-order chi connectivity index (χ0) is 16.9. The predicted octanol–water partition coefficient (Wildman–Crippen LogP) is 3.95. The molecule has 1 aromatic heterocycles. The maximum atomic E-state index is 11.8. The van der Waals surface area contributed by atoms with Gasteiger partial charge in [0.25, 0.3) is 5.91 Å². The molecule has 3 rings (SSSR count). The number of carbonyl (C=O) groups excluding carboxylic acids is 1. The molecule has 0 radical (unpaired) electrons. The fourth-order valence-corrected chi connectivity index (χ4v) is 3.55. The Labute approximate surface area is 157 Å². The number of ether oxygens (including phenoxy) is 1. The Hall–Kier alpha value is -1.70. The van der Waals surface area contributed by atoms with E-state index < -0.39 is 0 Å². The first-order valence-corrected chi connectivity index (χ1v) is 9.21. The van der Waals surface area contributed by atoms with E-state index in [2.05, 4.69) is 26.2 Å². The molecule has 1 N–H and O–H groups in total. The Morgan fingerprint density at radius 2 is 2.21 bits per heavy atom. The van der Waals surface area contributed by atoms with Crippen molar-refractivity contribution in [3.05, 3.63) is 63.2 Å². The number of hydrogen-bond acceptors (Lipinski definition) is 5. The molecule has 1 aliphatic heterocycles. The number of amides is 1. The molecule has 1 fully saturated rings. The van der Waals surface area contributed by atoms with Gasteiger partial charge in [-0.15, -0.1) is 0 Å². The van der Waals surface area contributed by atoms with Crippen LogP contribution in [0.5, 0.6) is 5.75 Å². The first kappa shape index (κ1) is 17.1. The second kappa shape index (κ2) is 7.92. The Bertz CT molecular complexity index is 809. The van der Waals surface area contributed by atoms with Crippen LogP contribution in [0.15, 0.2) is 52.0 Å². The summed E-state index contributed by atoms with van der Waals surface area (Å²) in [6.45, 7) is 0.507. The normalized spacial score (nSPS) is 15.6. The van der Waals surface area contributed by atoms with Crippen molar-refractivity contribution >= 4 is 56.2 Å². The maximum Gasteiger partial charge on any atom is 0.263 e. The molecule has 0 unspecified atom stereocenters. The molecule has 0 bridgehead atoms. The Kier molecular flexibility index (Phi) is 5.65. The van der Waals surface area contributed by atoms with Gasteiger partial charge in [-0.25, -0.2) is 0 Å². The SMILES string of the molecule is O=C1NC(=S)S/C1=C\c1cc(Br)ccc1OCCc1ccccn1. The van der Waals surface area contributed by atoms with E-state index in [4.69, 9.17) is 17.0 Å². The van der Waals surface area contributed by atoms with Crippen LogP contribution >= 0.6 is 39.9 Å². The summed E-state index contributed by atoms with van der Waals surface area (Å²) in [6.07, 6.45) is 4.27. The van der Waals surface area contributed by atoms with E-state index in [1.54, 1.807) is 12.3 Å². The Morgan fingerprint density at radius 3 is 2.92 bits per heavy atom. The molecule has 0 saturated carbocycles. The van der Waals surface area contributed by atoms with Crippen LogP contribution in [-0.2, 0) is 11.2 Å². The smallest absolute Gasteiger partial charge is 0.263 e. The summed E-state index contributed by atoms with van der Waals surface area (Å²) < 4.78 is 7.27. The first-order valence-electron chi connectivity index (χ1n) is 7.19. The number of nitrogens with one attached hydrogen (secondary N) is 1. The average molecular weight is 421 g/mol. The van der Waals surface area contributed by atoms with Crippen molar-refractivity contribution in [1.29, 1.82) is 0 Å². The number of nitrogens with zero attached hydrogens (tertiary/aromatic N) is 1. The molecule has 1 saturated heterocycles. The van der Waals surface area contributed by atoms with Crippen molar-refractivity contribution in [3.8, 4) is 5.75 Å². The topological polar surface area (TPSA) is 51.2 Å². The minimum Gasteiger partial charge on any atom is -0.493 e. The average Bonchev–Trinajstić information content (AvgIpc) is 2.88. The van der Waals surface area contributed by atoms with Gasteiger partial charge in [-0.05, 0) is 36.4 Å². The van der Waals surface area contributed by atoms with E-state index in [1.165, 1.54) is 11.8 Å². The van der Waals surface area contributed by atoms with E-state index in [-0.39, 0.29) is 5.91 Å². The molecule has 2 aromatic rings. The van der Waals surface area contributed by atoms with Crippen LogP contribution in [0, 0.1) is 0 Å². The highest BCUT2D eigenvalue weighted by molar-refractivity contribution is 9.10. The van der Waals surface area contributed by atoms with Gasteiger partial charge in [-0.1, -0.05) is 46.0 Å². The van der Waals surface area contributed by atoms with Gasteiger partial charge < -0.3 is 10.1 Å². The molecular formula is C17H13BrN2O2S2. The third-order valence-corrected chi connectivity index (χ3v) is 4.90. The van der Waals surface area contributed by atoms with Gasteiger partial charge in [-0.3, -0.25) is 9.78 Å². The lowest BCUT2D eigenvalue weighted by atomic mass is 10.2. The standard InChI is InChI=1S/C17H13BrN2O2S2/c18-12-4-5-14(22-8-6-13-3-1-2-7-19-13)11(9-12)10-15-16(21)20-17(23)24-15/h1-5,7,9-10H,6,8H2,(H,20,21,23)/b15-10-. The predicted molar refractivity (Wildman–Crippen MR) is 104 cm³/mol. The van der Waals surface area contributed by atoms with E-state index in [9.17, 15) is 4.79 Å². The van der Waals surface area contributed by atoms with Crippen LogP contribution in [-0.4, -0.2) is 21.8 Å². The number of benzene rings is 1. The molecule has 122 valence electrons. The summed E-state index contributed by atoms with van der Waals surface area (Å²) in [6, 6.07) is 11.5. The summed E-state index contributed by atoms with van der Waals surface area (Å²) in [5, 5.41) is 2.61. The number of halogens is 1. The van der Waals surface area contributed by atoms with Crippen LogP contribution < -0.4 is 10.1 Å². The number of thioether (sulfide) groups is 1. The third-order valence-electron chi connectivity index (χ3n) is 3.24. The van der Waals surface area contributed by atoms with Crippen LogP contribution in [0.25, 0.3) is 6.08 Å². The van der Waals surface area contributed by atoms with Crippen molar-refractivity contribution < 1.29 is 9.53 Å².